The summed E-state index contributed by atoms with van der Waals surface area (Å²) in [6, 6.07) is 0. The van der Waals surface area contributed by atoms with Crippen LogP contribution in [0.25, 0.3) is 0 Å². The highest BCUT2D eigenvalue weighted by molar-refractivity contribution is 5.69. The number of aliphatic hydroxyl groups is 1. The Hall–Kier alpha value is -0.690. The number of nitrogens with two attached hydrogens (primary N) is 1. The lowest BCUT2D eigenvalue weighted by Crippen LogP contribution is -2.32. The van der Waals surface area contributed by atoms with Crippen molar-refractivity contribution in [2.24, 2.45) is 5.84 Å². The fourth-order valence-electron chi connectivity index (χ4n) is 0.936. The van der Waals surface area contributed by atoms with Crippen molar-refractivity contribution in [3.05, 3.63) is 0 Å². The van der Waals surface area contributed by atoms with Gasteiger partial charge in [-0.25, -0.2) is 5.84 Å². The van der Waals surface area contributed by atoms with Crippen LogP contribution in [0.3, 0.4) is 0 Å². The maximum atomic E-state index is 10.8. The first kappa shape index (κ1) is 12.3. The SMILES string of the molecule is CCN(CCO)CCC(=O)ONN. The molecule has 0 aromatic carbocycles. The molecular weight excluding hydrogens is 174 g/mol. The van der Waals surface area contributed by atoms with Crippen molar-refractivity contribution in [1.29, 1.82) is 0 Å². The molecule has 0 aromatic rings. The molecule has 0 bridgehead atoms. The lowest BCUT2D eigenvalue weighted by Gasteiger charge is -2.17. The minimum atomic E-state index is -0.404. The first-order chi connectivity index (χ1) is 6.24. The molecular formula is C7H17N3O3. The molecule has 0 fully saturated rings. The van der Waals surface area contributed by atoms with Gasteiger partial charge < -0.3 is 14.8 Å². The molecule has 4 N–H and O–H groups in total. The van der Waals surface area contributed by atoms with E-state index < -0.39 is 5.97 Å². The van der Waals surface area contributed by atoms with Gasteiger partial charge in [-0.2, -0.15) is 0 Å². The molecule has 13 heavy (non-hydrogen) atoms. The zero-order chi connectivity index (χ0) is 10.1. The summed E-state index contributed by atoms with van der Waals surface area (Å²) in [7, 11) is 0. The van der Waals surface area contributed by atoms with Crippen LogP contribution in [-0.4, -0.2) is 42.2 Å². The van der Waals surface area contributed by atoms with Crippen molar-refractivity contribution >= 4 is 5.97 Å². The summed E-state index contributed by atoms with van der Waals surface area (Å²) in [5, 5.41) is 8.65. The van der Waals surface area contributed by atoms with Gasteiger partial charge in [0.1, 0.15) is 0 Å². The molecule has 0 aromatic heterocycles. The van der Waals surface area contributed by atoms with Crippen LogP contribution in [0, 0.1) is 0 Å². The molecule has 0 rings (SSSR count). The highest BCUT2D eigenvalue weighted by atomic mass is 16.7. The summed E-state index contributed by atoms with van der Waals surface area (Å²) in [6.45, 7) is 3.99. The van der Waals surface area contributed by atoms with E-state index in [9.17, 15) is 4.79 Å². The summed E-state index contributed by atoms with van der Waals surface area (Å²) >= 11 is 0. The standard InChI is InChI=1S/C7H17N3O3/c1-2-10(5-6-11)4-3-7(12)13-9-8/h9,11H,2-6,8H2,1H3. The maximum Gasteiger partial charge on any atom is 0.327 e. The Balaban J connectivity index is 3.52. The van der Waals surface area contributed by atoms with E-state index in [1.165, 1.54) is 0 Å². The quantitative estimate of drug-likeness (QED) is 0.339. The number of hydrazine groups is 1. The van der Waals surface area contributed by atoms with Gasteiger partial charge >= 0.3 is 5.97 Å². The Morgan fingerprint density at radius 3 is 2.77 bits per heavy atom. The molecule has 0 radical (unpaired) electrons. The number of nitrogens with one attached hydrogen (secondary N) is 1. The maximum absolute atomic E-state index is 10.8. The van der Waals surface area contributed by atoms with Gasteiger partial charge in [0.25, 0.3) is 0 Å². The van der Waals surface area contributed by atoms with Gasteiger partial charge in [-0.3, -0.25) is 4.79 Å². The number of rotatable bonds is 7. The lowest BCUT2D eigenvalue weighted by atomic mass is 10.4. The average molecular weight is 191 g/mol. The van der Waals surface area contributed by atoms with E-state index in [4.69, 9.17) is 10.9 Å². The van der Waals surface area contributed by atoms with Crippen LogP contribution in [0.5, 0.6) is 0 Å². The van der Waals surface area contributed by atoms with E-state index in [1.807, 2.05) is 17.4 Å². The fourth-order valence-corrected chi connectivity index (χ4v) is 0.936. The fraction of sp³-hybridized carbons (Fsp3) is 0.857. The topological polar surface area (TPSA) is 87.8 Å². The van der Waals surface area contributed by atoms with Crippen LogP contribution >= 0.6 is 0 Å². The molecule has 0 aliphatic rings. The van der Waals surface area contributed by atoms with Crippen molar-refractivity contribution < 1.29 is 14.7 Å². The first-order valence-electron chi connectivity index (χ1n) is 4.23. The Bertz CT molecular complexity index is 143. The highest BCUT2D eigenvalue weighted by Crippen LogP contribution is 1.91. The van der Waals surface area contributed by atoms with Gasteiger partial charge in [0, 0.05) is 13.1 Å². The van der Waals surface area contributed by atoms with Gasteiger partial charge in [0.15, 0.2) is 0 Å². The Morgan fingerprint density at radius 2 is 2.31 bits per heavy atom. The van der Waals surface area contributed by atoms with E-state index in [-0.39, 0.29) is 13.0 Å². The normalized spacial score (nSPS) is 10.5. The Morgan fingerprint density at radius 1 is 1.62 bits per heavy atom. The molecule has 0 unspecified atom stereocenters. The zero-order valence-electron chi connectivity index (χ0n) is 7.82. The molecule has 0 aliphatic heterocycles. The van der Waals surface area contributed by atoms with Crippen LogP contribution in [0.2, 0.25) is 0 Å². The zero-order valence-corrected chi connectivity index (χ0v) is 7.82. The molecule has 6 nitrogen and oxygen atoms in total. The smallest absolute Gasteiger partial charge is 0.327 e. The summed E-state index contributed by atoms with van der Waals surface area (Å²) in [5.74, 6) is 4.38. The second-order valence-electron chi connectivity index (χ2n) is 2.50. The largest absolute Gasteiger partial charge is 0.395 e. The van der Waals surface area contributed by atoms with E-state index in [0.717, 1.165) is 6.54 Å². The molecule has 0 amide bonds. The van der Waals surface area contributed by atoms with Crippen molar-refractivity contribution in [3.63, 3.8) is 0 Å². The summed E-state index contributed by atoms with van der Waals surface area (Å²) in [4.78, 5) is 17.1. The second kappa shape index (κ2) is 7.93. The predicted molar refractivity (Wildman–Crippen MR) is 47.2 cm³/mol. The van der Waals surface area contributed by atoms with Crippen molar-refractivity contribution in [1.82, 2.24) is 10.5 Å². The first-order valence-corrected chi connectivity index (χ1v) is 4.23. The van der Waals surface area contributed by atoms with Gasteiger partial charge in [0.2, 0.25) is 0 Å². The van der Waals surface area contributed by atoms with Gasteiger partial charge in [-0.1, -0.05) is 12.5 Å². The van der Waals surface area contributed by atoms with Crippen LogP contribution in [0.15, 0.2) is 0 Å². The van der Waals surface area contributed by atoms with Crippen LogP contribution in [0.4, 0.5) is 0 Å². The van der Waals surface area contributed by atoms with E-state index in [0.29, 0.717) is 13.1 Å². The third-order valence-corrected chi connectivity index (χ3v) is 1.67. The molecule has 6 heteroatoms. The number of nitrogens with zero attached hydrogens (tertiary/aromatic N) is 1. The third kappa shape index (κ3) is 6.47. The third-order valence-electron chi connectivity index (χ3n) is 1.67. The number of hydrogen-bond acceptors (Lipinski definition) is 6. The van der Waals surface area contributed by atoms with Crippen LogP contribution in [-0.2, 0) is 9.63 Å². The van der Waals surface area contributed by atoms with Crippen molar-refractivity contribution in [2.45, 2.75) is 13.3 Å². The molecule has 0 saturated carbocycles. The minimum Gasteiger partial charge on any atom is -0.395 e. The number of carbonyl (C=O) groups is 1. The summed E-state index contributed by atoms with van der Waals surface area (Å²) in [6.07, 6.45) is 0.262. The molecule has 78 valence electrons. The van der Waals surface area contributed by atoms with Gasteiger partial charge in [0.05, 0.1) is 13.0 Å². The Kier molecular flexibility index (Phi) is 7.51. The van der Waals surface area contributed by atoms with E-state index in [1.54, 1.807) is 0 Å². The van der Waals surface area contributed by atoms with Gasteiger partial charge in [-0.05, 0) is 6.54 Å². The molecule has 0 saturated heterocycles. The van der Waals surface area contributed by atoms with E-state index >= 15 is 0 Å². The average Bonchev–Trinajstić information content (AvgIpc) is 2.12. The van der Waals surface area contributed by atoms with Crippen LogP contribution < -0.4 is 11.4 Å². The minimum absolute atomic E-state index is 0.0953. The van der Waals surface area contributed by atoms with Crippen molar-refractivity contribution in [3.8, 4) is 0 Å². The molecule has 0 heterocycles. The molecule has 0 spiro atoms. The second-order valence-corrected chi connectivity index (χ2v) is 2.50. The van der Waals surface area contributed by atoms with Crippen molar-refractivity contribution in [2.75, 3.05) is 26.2 Å². The Labute approximate surface area is 77.6 Å². The highest BCUT2D eigenvalue weighted by Gasteiger charge is 2.06. The number of likely N-dealkylation sites (N-methyl/N-ethyl adjacent to an activating group) is 1. The predicted octanol–water partition coefficient (Wildman–Crippen LogP) is -1.39. The number of hydrogen-bond donors (Lipinski definition) is 3. The summed E-state index contributed by atoms with van der Waals surface area (Å²) < 4.78 is 0. The summed E-state index contributed by atoms with van der Waals surface area (Å²) in [5.41, 5.74) is 1.82. The number of aliphatic hydroxyl groups excluding tert-OH is 1. The lowest BCUT2D eigenvalue weighted by molar-refractivity contribution is -0.151. The van der Waals surface area contributed by atoms with Gasteiger partial charge in [-0.15, -0.1) is 0 Å². The molecule has 0 aliphatic carbocycles. The van der Waals surface area contributed by atoms with Crippen LogP contribution in [0.1, 0.15) is 13.3 Å². The monoisotopic (exact) mass is 191 g/mol. The molecule has 0 atom stereocenters. The number of carbonyl (C=O) groups excluding carboxylic acids is 1. The van der Waals surface area contributed by atoms with E-state index in [2.05, 4.69) is 4.84 Å².